The Balaban J connectivity index is 1.99. The molecule has 3 nitrogen and oxygen atoms in total. The van der Waals surface area contributed by atoms with E-state index < -0.39 is 15.7 Å². The van der Waals surface area contributed by atoms with Crippen LogP contribution in [-0.2, 0) is 14.5 Å². The molecule has 0 saturated heterocycles. The zero-order valence-electron chi connectivity index (χ0n) is 15.0. The van der Waals surface area contributed by atoms with Crippen LogP contribution in [0.3, 0.4) is 0 Å². The fourth-order valence-corrected chi connectivity index (χ4v) is 4.58. The van der Waals surface area contributed by atoms with E-state index in [1.807, 2.05) is 72.8 Å². The lowest BCUT2D eigenvalue weighted by molar-refractivity contribution is -0.124. The van der Waals surface area contributed by atoms with Gasteiger partial charge >= 0.3 is 0 Å². The molecular formula is C23H18Cl2N2O. The Hall–Kier alpha value is -2.62. The number of benzene rings is 3. The van der Waals surface area contributed by atoms with Crippen molar-refractivity contribution in [2.45, 2.75) is 16.2 Å². The molecule has 0 spiro atoms. The van der Waals surface area contributed by atoms with Crippen molar-refractivity contribution in [3.05, 3.63) is 102 Å². The van der Waals surface area contributed by atoms with Crippen LogP contribution < -0.4 is 5.73 Å². The molecule has 1 aliphatic rings. The molecule has 28 heavy (non-hydrogen) atoms. The molecule has 0 bridgehead atoms. The number of amides is 1. The number of rotatable bonds is 4. The second-order valence-electron chi connectivity index (χ2n) is 6.83. The molecule has 1 unspecified atom stereocenters. The first kappa shape index (κ1) is 18.7. The molecule has 2 N–H and O–H groups in total. The highest BCUT2D eigenvalue weighted by atomic mass is 35.5. The summed E-state index contributed by atoms with van der Waals surface area (Å²) in [6.07, 6.45) is 0.200. The van der Waals surface area contributed by atoms with Gasteiger partial charge in [-0.15, -0.1) is 0 Å². The Labute approximate surface area is 173 Å². The first-order valence-electron chi connectivity index (χ1n) is 8.92. The Morgan fingerprint density at radius 2 is 1.46 bits per heavy atom. The topological polar surface area (TPSA) is 55.5 Å². The summed E-state index contributed by atoms with van der Waals surface area (Å²) < 4.78 is -1.58. The summed E-state index contributed by atoms with van der Waals surface area (Å²) in [5.41, 5.74) is 8.16. The van der Waals surface area contributed by atoms with E-state index in [0.29, 0.717) is 16.8 Å². The number of nitrogens with two attached hydrogens (primary N) is 1. The highest BCUT2D eigenvalue weighted by Gasteiger charge is 2.58. The third-order valence-corrected chi connectivity index (χ3v) is 6.33. The number of aliphatic imine (C=N–C) groups is 1. The third kappa shape index (κ3) is 2.83. The smallest absolute Gasteiger partial charge is 0.232 e. The first-order valence-corrected chi connectivity index (χ1v) is 9.68. The SMILES string of the molecule is NC(=O)C1(C(Cl)(Cl)c2ccccc2)CC(c2ccccc2)=Nc2ccccc21. The van der Waals surface area contributed by atoms with E-state index in [9.17, 15) is 4.79 Å². The lowest BCUT2D eigenvalue weighted by atomic mass is 9.67. The van der Waals surface area contributed by atoms with Crippen molar-refractivity contribution in [2.24, 2.45) is 10.7 Å². The highest BCUT2D eigenvalue weighted by molar-refractivity contribution is 6.50. The summed E-state index contributed by atoms with van der Waals surface area (Å²) in [6, 6.07) is 26.2. The molecule has 4 rings (SSSR count). The molecule has 1 heterocycles. The van der Waals surface area contributed by atoms with Crippen molar-refractivity contribution in [3.8, 4) is 0 Å². The van der Waals surface area contributed by atoms with Gasteiger partial charge in [0.25, 0.3) is 0 Å². The van der Waals surface area contributed by atoms with Gasteiger partial charge in [-0.3, -0.25) is 9.79 Å². The number of nitrogens with zero attached hydrogens (tertiary/aromatic N) is 1. The number of alkyl halides is 2. The molecule has 0 fully saturated rings. The summed E-state index contributed by atoms with van der Waals surface area (Å²) in [7, 11) is 0. The van der Waals surface area contributed by atoms with Gasteiger partial charge in [-0.25, -0.2) is 0 Å². The summed E-state index contributed by atoms with van der Waals surface area (Å²) >= 11 is 14.0. The minimum Gasteiger partial charge on any atom is -0.369 e. The van der Waals surface area contributed by atoms with Gasteiger partial charge in [-0.05, 0) is 22.8 Å². The van der Waals surface area contributed by atoms with Crippen LogP contribution >= 0.6 is 23.2 Å². The van der Waals surface area contributed by atoms with Gasteiger partial charge in [0, 0.05) is 12.1 Å². The van der Waals surface area contributed by atoms with Crippen molar-refractivity contribution >= 4 is 40.5 Å². The molecule has 0 saturated carbocycles. The summed E-state index contributed by atoms with van der Waals surface area (Å²) in [5, 5.41) is 0. The number of carbonyl (C=O) groups excluding carboxylic acids is 1. The summed E-state index contributed by atoms with van der Waals surface area (Å²) in [5.74, 6) is -0.586. The molecule has 3 aromatic carbocycles. The van der Waals surface area contributed by atoms with Gasteiger partial charge in [0.15, 0.2) is 4.33 Å². The number of hydrogen-bond donors (Lipinski definition) is 1. The van der Waals surface area contributed by atoms with E-state index in [0.717, 1.165) is 11.3 Å². The van der Waals surface area contributed by atoms with Crippen LogP contribution in [0.2, 0.25) is 0 Å². The highest BCUT2D eigenvalue weighted by Crippen LogP contribution is 2.56. The zero-order chi connectivity index (χ0) is 19.8. The van der Waals surface area contributed by atoms with Gasteiger partial charge in [0.05, 0.1) is 5.69 Å². The van der Waals surface area contributed by atoms with Gasteiger partial charge in [-0.2, -0.15) is 0 Å². The number of fused-ring (bicyclic) bond motifs is 1. The predicted octanol–water partition coefficient (Wildman–Crippen LogP) is 5.26. The van der Waals surface area contributed by atoms with Crippen molar-refractivity contribution < 1.29 is 4.79 Å². The van der Waals surface area contributed by atoms with Crippen LogP contribution in [0.4, 0.5) is 5.69 Å². The maximum atomic E-state index is 13.0. The average molecular weight is 409 g/mol. The largest absolute Gasteiger partial charge is 0.369 e. The average Bonchev–Trinajstić information content (AvgIpc) is 2.73. The molecule has 140 valence electrons. The Bertz CT molecular complexity index is 1050. The van der Waals surface area contributed by atoms with Crippen molar-refractivity contribution in [1.29, 1.82) is 0 Å². The first-order chi connectivity index (χ1) is 13.5. The summed E-state index contributed by atoms with van der Waals surface area (Å²) in [4.78, 5) is 17.8. The van der Waals surface area contributed by atoms with Crippen LogP contribution in [0.25, 0.3) is 0 Å². The van der Waals surface area contributed by atoms with Crippen molar-refractivity contribution in [3.63, 3.8) is 0 Å². The van der Waals surface area contributed by atoms with Gasteiger partial charge in [-0.1, -0.05) is 102 Å². The van der Waals surface area contributed by atoms with E-state index in [2.05, 4.69) is 0 Å². The maximum Gasteiger partial charge on any atom is 0.232 e. The third-order valence-electron chi connectivity index (χ3n) is 5.25. The molecule has 0 aromatic heterocycles. The Morgan fingerprint density at radius 3 is 2.11 bits per heavy atom. The molecule has 3 aromatic rings. The zero-order valence-corrected chi connectivity index (χ0v) is 16.5. The lowest BCUT2D eigenvalue weighted by Gasteiger charge is -2.44. The quantitative estimate of drug-likeness (QED) is 0.587. The molecule has 1 atom stereocenters. The number of carbonyl (C=O) groups is 1. The minimum absolute atomic E-state index is 0.200. The second kappa shape index (κ2) is 7.08. The van der Waals surface area contributed by atoms with E-state index >= 15 is 0 Å². The van der Waals surface area contributed by atoms with Gasteiger partial charge in [0.1, 0.15) is 5.41 Å². The molecular weight excluding hydrogens is 391 g/mol. The molecule has 0 aliphatic carbocycles. The standard InChI is InChI=1S/C23H18Cl2N2O/c24-23(25,17-11-5-2-6-12-17)22(21(26)28)15-20(16-9-3-1-4-10-16)27-19-14-8-7-13-18(19)22/h1-14H,15H2,(H2,26,28). The van der Waals surface area contributed by atoms with E-state index in [4.69, 9.17) is 33.9 Å². The van der Waals surface area contributed by atoms with Crippen LogP contribution in [0.5, 0.6) is 0 Å². The minimum atomic E-state index is -1.58. The molecule has 0 radical (unpaired) electrons. The number of para-hydroxylation sites is 1. The Morgan fingerprint density at radius 1 is 0.893 bits per heavy atom. The normalized spacial score (nSPS) is 18.9. The fourth-order valence-electron chi connectivity index (χ4n) is 3.81. The van der Waals surface area contributed by atoms with Crippen molar-refractivity contribution in [1.82, 2.24) is 0 Å². The van der Waals surface area contributed by atoms with Crippen LogP contribution in [0.15, 0.2) is 89.9 Å². The lowest BCUT2D eigenvalue weighted by Crippen LogP contribution is -2.54. The maximum absolute atomic E-state index is 13.0. The number of halogens is 2. The monoisotopic (exact) mass is 408 g/mol. The van der Waals surface area contributed by atoms with Crippen LogP contribution in [0, 0.1) is 0 Å². The second-order valence-corrected chi connectivity index (χ2v) is 8.16. The van der Waals surface area contributed by atoms with Crippen LogP contribution in [-0.4, -0.2) is 11.6 Å². The molecule has 1 amide bonds. The molecule has 1 aliphatic heterocycles. The van der Waals surface area contributed by atoms with E-state index in [-0.39, 0.29) is 6.42 Å². The summed E-state index contributed by atoms with van der Waals surface area (Å²) in [6.45, 7) is 0. The van der Waals surface area contributed by atoms with E-state index in [1.54, 1.807) is 12.1 Å². The van der Waals surface area contributed by atoms with Gasteiger partial charge in [0.2, 0.25) is 5.91 Å². The molecule has 5 heteroatoms. The fraction of sp³-hybridized carbons (Fsp3) is 0.130. The van der Waals surface area contributed by atoms with Crippen molar-refractivity contribution in [2.75, 3.05) is 0 Å². The van der Waals surface area contributed by atoms with Crippen LogP contribution in [0.1, 0.15) is 23.1 Å². The Kier molecular flexibility index (Phi) is 4.74. The predicted molar refractivity (Wildman–Crippen MR) is 114 cm³/mol. The number of primary amides is 1. The number of hydrogen-bond acceptors (Lipinski definition) is 2. The van der Waals surface area contributed by atoms with Gasteiger partial charge < -0.3 is 5.73 Å². The van der Waals surface area contributed by atoms with E-state index in [1.165, 1.54) is 0 Å².